The summed E-state index contributed by atoms with van der Waals surface area (Å²) in [6, 6.07) is 14.5. The van der Waals surface area contributed by atoms with Gasteiger partial charge in [0.1, 0.15) is 12.3 Å². The average molecular weight is 360 g/mol. The number of thiophene rings is 1. The first-order valence-electron chi connectivity index (χ1n) is 7.27. The zero-order valence-corrected chi connectivity index (χ0v) is 14.2. The second-order valence-corrected chi connectivity index (χ2v) is 6.17. The molecule has 2 heterocycles. The SMILES string of the molecule is O=C(NCCOc1ccc(-c2cccs2)nn1)c1ccccc1Cl. The zero-order chi connectivity index (χ0) is 16.8. The van der Waals surface area contributed by atoms with Gasteiger partial charge in [-0.2, -0.15) is 0 Å². The van der Waals surface area contributed by atoms with Crippen molar-refractivity contribution in [2.75, 3.05) is 13.2 Å². The second kappa shape index (κ2) is 7.90. The molecule has 3 rings (SSSR count). The van der Waals surface area contributed by atoms with Crippen molar-refractivity contribution >= 4 is 28.8 Å². The number of rotatable bonds is 6. The monoisotopic (exact) mass is 359 g/mol. The third kappa shape index (κ3) is 4.10. The number of nitrogens with zero attached hydrogens (tertiary/aromatic N) is 2. The van der Waals surface area contributed by atoms with Crippen LogP contribution in [0.1, 0.15) is 10.4 Å². The molecule has 0 fully saturated rings. The molecule has 2 aromatic heterocycles. The molecule has 0 aliphatic carbocycles. The Bertz CT molecular complexity index is 807. The van der Waals surface area contributed by atoms with Crippen molar-refractivity contribution < 1.29 is 9.53 Å². The van der Waals surface area contributed by atoms with Crippen LogP contribution < -0.4 is 10.1 Å². The van der Waals surface area contributed by atoms with Gasteiger partial charge in [-0.1, -0.05) is 29.8 Å². The Balaban J connectivity index is 1.47. The maximum absolute atomic E-state index is 12.0. The van der Waals surface area contributed by atoms with E-state index in [2.05, 4.69) is 15.5 Å². The number of carbonyl (C=O) groups is 1. The fourth-order valence-electron chi connectivity index (χ4n) is 2.01. The zero-order valence-electron chi connectivity index (χ0n) is 12.6. The van der Waals surface area contributed by atoms with E-state index in [1.165, 1.54) is 0 Å². The number of nitrogens with one attached hydrogen (secondary N) is 1. The first-order chi connectivity index (χ1) is 11.7. The Hall–Kier alpha value is -2.44. The molecule has 1 aromatic carbocycles. The van der Waals surface area contributed by atoms with E-state index in [9.17, 15) is 4.79 Å². The average Bonchev–Trinajstić information content (AvgIpc) is 3.14. The van der Waals surface area contributed by atoms with Crippen molar-refractivity contribution in [3.05, 3.63) is 64.5 Å². The van der Waals surface area contributed by atoms with Crippen molar-refractivity contribution in [1.82, 2.24) is 15.5 Å². The first-order valence-corrected chi connectivity index (χ1v) is 8.53. The highest BCUT2D eigenvalue weighted by molar-refractivity contribution is 7.13. The van der Waals surface area contributed by atoms with E-state index >= 15 is 0 Å². The molecular formula is C17H14ClN3O2S. The van der Waals surface area contributed by atoms with Gasteiger partial charge in [-0.05, 0) is 29.6 Å². The van der Waals surface area contributed by atoms with Gasteiger partial charge in [-0.25, -0.2) is 0 Å². The summed E-state index contributed by atoms with van der Waals surface area (Å²) in [6.07, 6.45) is 0. The fraction of sp³-hybridized carbons (Fsp3) is 0.118. The highest BCUT2D eigenvalue weighted by Gasteiger charge is 2.08. The predicted octanol–water partition coefficient (Wildman–Crippen LogP) is 3.67. The number of halogens is 1. The summed E-state index contributed by atoms with van der Waals surface area (Å²) in [5, 5.41) is 13.3. The summed E-state index contributed by atoms with van der Waals surface area (Å²) in [5.74, 6) is 0.186. The van der Waals surface area contributed by atoms with Gasteiger partial charge < -0.3 is 10.1 Å². The van der Waals surface area contributed by atoms with Crippen molar-refractivity contribution in [2.45, 2.75) is 0 Å². The predicted molar refractivity (Wildman–Crippen MR) is 94.6 cm³/mol. The molecule has 3 aromatic rings. The molecule has 0 unspecified atom stereocenters. The molecular weight excluding hydrogens is 346 g/mol. The maximum atomic E-state index is 12.0. The Kier molecular flexibility index (Phi) is 5.40. The minimum Gasteiger partial charge on any atom is -0.475 e. The van der Waals surface area contributed by atoms with Crippen LogP contribution in [0.25, 0.3) is 10.6 Å². The Morgan fingerprint density at radius 3 is 2.71 bits per heavy atom. The topological polar surface area (TPSA) is 64.1 Å². The fourth-order valence-corrected chi connectivity index (χ4v) is 2.93. The molecule has 0 aliphatic rings. The molecule has 5 nitrogen and oxygen atoms in total. The number of benzene rings is 1. The molecule has 0 radical (unpaired) electrons. The minimum absolute atomic E-state index is 0.233. The van der Waals surface area contributed by atoms with Crippen LogP contribution in [0.3, 0.4) is 0 Å². The lowest BCUT2D eigenvalue weighted by Gasteiger charge is -2.08. The highest BCUT2D eigenvalue weighted by Crippen LogP contribution is 2.22. The molecule has 0 aliphatic heterocycles. The van der Waals surface area contributed by atoms with Gasteiger partial charge in [0.05, 0.1) is 22.0 Å². The number of aromatic nitrogens is 2. The van der Waals surface area contributed by atoms with E-state index in [4.69, 9.17) is 16.3 Å². The van der Waals surface area contributed by atoms with Gasteiger partial charge in [0.2, 0.25) is 5.88 Å². The quantitative estimate of drug-likeness (QED) is 0.682. The normalized spacial score (nSPS) is 10.4. The molecule has 7 heteroatoms. The molecule has 0 saturated carbocycles. The van der Waals surface area contributed by atoms with Crippen LogP contribution in [-0.4, -0.2) is 29.3 Å². The smallest absolute Gasteiger partial charge is 0.252 e. The molecule has 1 amide bonds. The van der Waals surface area contributed by atoms with E-state index < -0.39 is 0 Å². The Morgan fingerprint density at radius 2 is 2.00 bits per heavy atom. The number of ether oxygens (including phenoxy) is 1. The largest absolute Gasteiger partial charge is 0.475 e. The summed E-state index contributed by atoms with van der Waals surface area (Å²) >= 11 is 7.58. The van der Waals surface area contributed by atoms with Crippen LogP contribution in [-0.2, 0) is 0 Å². The van der Waals surface area contributed by atoms with Crippen LogP contribution in [0.5, 0.6) is 5.88 Å². The van der Waals surface area contributed by atoms with Crippen molar-refractivity contribution in [1.29, 1.82) is 0 Å². The third-order valence-electron chi connectivity index (χ3n) is 3.17. The molecule has 0 atom stereocenters. The van der Waals surface area contributed by atoms with Gasteiger partial charge >= 0.3 is 0 Å². The van der Waals surface area contributed by atoms with Crippen LogP contribution in [0.4, 0.5) is 0 Å². The lowest BCUT2D eigenvalue weighted by atomic mass is 10.2. The van der Waals surface area contributed by atoms with Gasteiger partial charge in [-0.3, -0.25) is 4.79 Å². The van der Waals surface area contributed by atoms with Crippen molar-refractivity contribution in [3.8, 4) is 16.5 Å². The highest BCUT2D eigenvalue weighted by atomic mass is 35.5. The van der Waals surface area contributed by atoms with Gasteiger partial charge in [0.15, 0.2) is 0 Å². The summed E-state index contributed by atoms with van der Waals surface area (Å²) in [5.41, 5.74) is 1.25. The Morgan fingerprint density at radius 1 is 1.12 bits per heavy atom. The number of amides is 1. The Labute approximate surface area is 148 Å². The van der Waals surface area contributed by atoms with Crippen LogP contribution in [0.2, 0.25) is 5.02 Å². The van der Waals surface area contributed by atoms with E-state index in [0.29, 0.717) is 29.6 Å². The summed E-state index contributed by atoms with van der Waals surface area (Å²) in [7, 11) is 0. The molecule has 0 saturated heterocycles. The number of hydrogen-bond donors (Lipinski definition) is 1. The second-order valence-electron chi connectivity index (χ2n) is 4.82. The van der Waals surface area contributed by atoms with E-state index in [1.54, 1.807) is 41.7 Å². The lowest BCUT2D eigenvalue weighted by molar-refractivity contribution is 0.0946. The standard InChI is InChI=1S/C17H14ClN3O2S/c18-13-5-2-1-4-12(13)17(22)19-9-10-23-16-8-7-14(20-21-16)15-6-3-11-24-15/h1-8,11H,9-10H2,(H,19,22). The molecule has 24 heavy (non-hydrogen) atoms. The van der Waals surface area contributed by atoms with Crippen LogP contribution in [0.15, 0.2) is 53.9 Å². The minimum atomic E-state index is -0.233. The van der Waals surface area contributed by atoms with Crippen molar-refractivity contribution in [3.63, 3.8) is 0 Å². The van der Waals surface area contributed by atoms with E-state index in [0.717, 1.165) is 10.6 Å². The first kappa shape index (κ1) is 16.4. The van der Waals surface area contributed by atoms with Crippen LogP contribution in [0, 0.1) is 0 Å². The third-order valence-corrected chi connectivity index (χ3v) is 4.39. The van der Waals surface area contributed by atoms with Crippen LogP contribution >= 0.6 is 22.9 Å². The molecule has 1 N–H and O–H groups in total. The summed E-state index contributed by atoms with van der Waals surface area (Å²) < 4.78 is 5.48. The van der Waals surface area contributed by atoms with E-state index in [1.807, 2.05) is 23.6 Å². The number of hydrogen-bond acceptors (Lipinski definition) is 5. The van der Waals surface area contributed by atoms with Gasteiger partial charge in [0, 0.05) is 6.07 Å². The number of carbonyl (C=O) groups excluding carboxylic acids is 1. The lowest BCUT2D eigenvalue weighted by Crippen LogP contribution is -2.28. The molecule has 122 valence electrons. The van der Waals surface area contributed by atoms with E-state index in [-0.39, 0.29) is 5.91 Å². The van der Waals surface area contributed by atoms with Crippen molar-refractivity contribution in [2.24, 2.45) is 0 Å². The summed E-state index contributed by atoms with van der Waals surface area (Å²) in [4.78, 5) is 13.0. The molecule has 0 bridgehead atoms. The summed E-state index contributed by atoms with van der Waals surface area (Å²) in [6.45, 7) is 0.641. The molecule has 0 spiro atoms. The van der Waals surface area contributed by atoms with Gasteiger partial charge in [0.25, 0.3) is 5.91 Å². The van der Waals surface area contributed by atoms with Gasteiger partial charge in [-0.15, -0.1) is 21.5 Å². The maximum Gasteiger partial charge on any atom is 0.252 e.